The van der Waals surface area contributed by atoms with E-state index in [4.69, 9.17) is 0 Å². The molecule has 7 heteroatoms. The van der Waals surface area contributed by atoms with E-state index in [1.807, 2.05) is 11.2 Å². The second-order valence-corrected chi connectivity index (χ2v) is 6.66. The fourth-order valence-corrected chi connectivity index (χ4v) is 3.10. The van der Waals surface area contributed by atoms with E-state index in [0.717, 1.165) is 12.8 Å². The van der Waals surface area contributed by atoms with Crippen molar-refractivity contribution in [3.05, 3.63) is 0 Å². The monoisotopic (exact) mass is 314 g/mol. The lowest BCUT2D eigenvalue weighted by Gasteiger charge is -2.34. The maximum atomic E-state index is 12.1. The first-order valence-electron chi connectivity index (χ1n) is 6.96. The molecule has 0 radical (unpaired) electrons. The van der Waals surface area contributed by atoms with E-state index >= 15 is 0 Å². The van der Waals surface area contributed by atoms with Crippen LogP contribution >= 0.6 is 11.8 Å². The van der Waals surface area contributed by atoms with Gasteiger partial charge in [0.2, 0.25) is 0 Å². The first kappa shape index (κ1) is 18.1. The fourth-order valence-electron chi connectivity index (χ4n) is 2.37. The van der Waals surface area contributed by atoms with Gasteiger partial charge < -0.3 is 15.3 Å². The van der Waals surface area contributed by atoms with E-state index in [1.165, 1.54) is 0 Å². The molecular formula is C13H25F3N2OS. The van der Waals surface area contributed by atoms with Crippen LogP contribution < -0.4 is 5.32 Å². The zero-order chi connectivity index (χ0) is 15.2. The Kier molecular flexibility index (Phi) is 7.11. The zero-order valence-corrected chi connectivity index (χ0v) is 13.0. The van der Waals surface area contributed by atoms with Crippen molar-refractivity contribution < 1.29 is 18.3 Å². The van der Waals surface area contributed by atoms with Crippen LogP contribution in [0.2, 0.25) is 0 Å². The van der Waals surface area contributed by atoms with E-state index in [-0.39, 0.29) is 6.54 Å². The first-order chi connectivity index (χ1) is 9.22. The van der Waals surface area contributed by atoms with Gasteiger partial charge in [-0.25, -0.2) is 0 Å². The van der Waals surface area contributed by atoms with Gasteiger partial charge in [-0.3, -0.25) is 0 Å². The molecule has 0 bridgehead atoms. The number of alkyl halides is 3. The molecule has 3 nitrogen and oxygen atoms in total. The van der Waals surface area contributed by atoms with Crippen LogP contribution in [-0.2, 0) is 0 Å². The van der Waals surface area contributed by atoms with Gasteiger partial charge in [-0.05, 0) is 39.1 Å². The van der Waals surface area contributed by atoms with Crippen molar-refractivity contribution >= 4 is 11.8 Å². The third kappa shape index (κ3) is 7.71. The topological polar surface area (TPSA) is 35.5 Å². The lowest BCUT2D eigenvalue weighted by molar-refractivity contribution is -0.138. The average Bonchev–Trinajstić information content (AvgIpc) is 2.34. The lowest BCUT2D eigenvalue weighted by atomic mass is 10.0. The number of nitrogens with zero attached hydrogens (tertiary/aromatic N) is 1. The van der Waals surface area contributed by atoms with E-state index in [1.54, 1.807) is 18.7 Å². The predicted molar refractivity (Wildman–Crippen MR) is 77.1 cm³/mol. The van der Waals surface area contributed by atoms with Gasteiger partial charge in [0.25, 0.3) is 0 Å². The summed E-state index contributed by atoms with van der Waals surface area (Å²) in [5, 5.41) is 13.4. The summed E-state index contributed by atoms with van der Waals surface area (Å²) >= 11 is 1.60. The number of nitrogens with one attached hydrogen (secondary N) is 1. The minimum atomic E-state index is -4.06. The minimum Gasteiger partial charge on any atom is -0.388 e. The highest BCUT2D eigenvalue weighted by atomic mass is 32.2. The first-order valence-corrected chi connectivity index (χ1v) is 8.35. The largest absolute Gasteiger partial charge is 0.390 e. The highest BCUT2D eigenvalue weighted by Gasteiger charge is 2.29. The maximum absolute atomic E-state index is 12.1. The van der Waals surface area contributed by atoms with E-state index in [2.05, 4.69) is 5.32 Å². The Morgan fingerprint density at radius 3 is 2.40 bits per heavy atom. The molecule has 2 N–H and O–H groups in total. The summed E-state index contributed by atoms with van der Waals surface area (Å²) < 4.78 is 36.4. The second-order valence-electron chi connectivity index (χ2n) is 5.79. The summed E-state index contributed by atoms with van der Waals surface area (Å²) in [5.41, 5.74) is -0.729. The fraction of sp³-hybridized carbons (Fsp3) is 1.00. The van der Waals surface area contributed by atoms with Crippen LogP contribution in [0.15, 0.2) is 0 Å². The van der Waals surface area contributed by atoms with Crippen molar-refractivity contribution in [2.45, 2.75) is 44.0 Å². The molecule has 0 aromatic carbocycles. The van der Waals surface area contributed by atoms with Crippen LogP contribution in [0, 0.1) is 0 Å². The molecule has 0 aromatic heterocycles. The number of thioether (sulfide) groups is 1. The molecule has 1 heterocycles. The Bertz CT molecular complexity index is 279. The molecule has 1 fully saturated rings. The van der Waals surface area contributed by atoms with Gasteiger partial charge in [0.15, 0.2) is 0 Å². The maximum Gasteiger partial charge on any atom is 0.390 e. The third-order valence-electron chi connectivity index (χ3n) is 3.53. The van der Waals surface area contributed by atoms with E-state index < -0.39 is 18.2 Å². The number of aliphatic hydroxyl groups is 1. The molecule has 1 unspecified atom stereocenters. The van der Waals surface area contributed by atoms with Crippen molar-refractivity contribution in [1.82, 2.24) is 10.2 Å². The molecule has 1 atom stereocenters. The predicted octanol–water partition coefficient (Wildman–Crippen LogP) is 2.11. The molecule has 20 heavy (non-hydrogen) atoms. The molecule has 0 aliphatic carbocycles. The van der Waals surface area contributed by atoms with Gasteiger partial charge in [-0.15, -0.1) is 0 Å². The molecule has 1 aliphatic rings. The minimum absolute atomic E-state index is 0.0976. The van der Waals surface area contributed by atoms with Crippen molar-refractivity contribution in [3.63, 3.8) is 0 Å². The summed E-state index contributed by atoms with van der Waals surface area (Å²) in [6.07, 6.45) is -1.16. The van der Waals surface area contributed by atoms with E-state index in [0.29, 0.717) is 31.4 Å². The van der Waals surface area contributed by atoms with Gasteiger partial charge in [-0.1, -0.05) is 0 Å². The van der Waals surface area contributed by atoms with Gasteiger partial charge in [0.05, 0.1) is 12.0 Å². The van der Waals surface area contributed by atoms with Gasteiger partial charge in [-0.2, -0.15) is 24.9 Å². The van der Waals surface area contributed by atoms with E-state index in [9.17, 15) is 18.3 Å². The number of rotatable bonds is 7. The van der Waals surface area contributed by atoms with Crippen LogP contribution in [-0.4, -0.2) is 66.0 Å². The van der Waals surface area contributed by atoms with Crippen molar-refractivity contribution in [1.29, 1.82) is 0 Å². The Hall–Kier alpha value is 0.0200. The molecule has 1 saturated heterocycles. The van der Waals surface area contributed by atoms with Crippen LogP contribution in [0.5, 0.6) is 0 Å². The summed E-state index contributed by atoms with van der Waals surface area (Å²) in [5.74, 6) is 0.671. The average molecular weight is 314 g/mol. The normalized spacial score (nSPS) is 21.9. The van der Waals surface area contributed by atoms with Gasteiger partial charge in [0, 0.05) is 24.9 Å². The second kappa shape index (κ2) is 7.87. The molecule has 0 saturated carbocycles. The number of halogens is 3. The smallest absolute Gasteiger partial charge is 0.388 e. The van der Waals surface area contributed by atoms with Crippen molar-refractivity contribution in [3.8, 4) is 0 Å². The Balaban J connectivity index is 2.19. The molecular weight excluding hydrogens is 289 g/mol. The molecule has 0 aromatic rings. The zero-order valence-electron chi connectivity index (χ0n) is 12.2. The van der Waals surface area contributed by atoms with Gasteiger partial charge in [0.1, 0.15) is 0 Å². The Labute approximate surface area is 123 Å². The Morgan fingerprint density at radius 1 is 1.30 bits per heavy atom. The standard InChI is InChI=1S/C13H25F3N2OS/c1-12(19,10-20-2)9-17-11-3-6-18(7-4-11)8-5-13(14,15)16/h11,17,19H,3-10H2,1-2H3. The van der Waals surface area contributed by atoms with Crippen LogP contribution in [0.4, 0.5) is 13.2 Å². The molecule has 120 valence electrons. The highest BCUT2D eigenvalue weighted by Crippen LogP contribution is 2.21. The molecule has 0 spiro atoms. The van der Waals surface area contributed by atoms with Crippen LogP contribution in [0.3, 0.4) is 0 Å². The van der Waals surface area contributed by atoms with Crippen LogP contribution in [0.25, 0.3) is 0 Å². The summed E-state index contributed by atoms with van der Waals surface area (Å²) in [7, 11) is 0. The molecule has 1 rings (SSSR count). The van der Waals surface area contributed by atoms with Crippen molar-refractivity contribution in [2.75, 3.05) is 38.2 Å². The van der Waals surface area contributed by atoms with Crippen molar-refractivity contribution in [2.24, 2.45) is 0 Å². The molecule has 0 amide bonds. The highest BCUT2D eigenvalue weighted by molar-refractivity contribution is 7.98. The number of likely N-dealkylation sites (tertiary alicyclic amines) is 1. The lowest BCUT2D eigenvalue weighted by Crippen LogP contribution is -2.48. The number of piperidine rings is 1. The number of hydrogen-bond donors (Lipinski definition) is 2. The van der Waals surface area contributed by atoms with Crippen LogP contribution in [0.1, 0.15) is 26.2 Å². The summed E-state index contributed by atoms with van der Waals surface area (Å²) in [4.78, 5) is 1.87. The van der Waals surface area contributed by atoms with Gasteiger partial charge >= 0.3 is 6.18 Å². The Morgan fingerprint density at radius 2 is 1.90 bits per heavy atom. The number of hydrogen-bond acceptors (Lipinski definition) is 4. The molecule has 1 aliphatic heterocycles. The SMILES string of the molecule is CSCC(C)(O)CNC1CCN(CCC(F)(F)F)CC1. The third-order valence-corrected chi connectivity index (χ3v) is 4.44. The quantitative estimate of drug-likeness (QED) is 0.754. The summed E-state index contributed by atoms with van der Waals surface area (Å²) in [6.45, 7) is 3.81. The summed E-state index contributed by atoms with van der Waals surface area (Å²) in [6, 6.07) is 0.297.